The molecule has 1 rings (SSSR count). The van der Waals surface area contributed by atoms with Gasteiger partial charge >= 0.3 is 12.1 Å². The van der Waals surface area contributed by atoms with E-state index in [2.05, 4.69) is 5.32 Å². The summed E-state index contributed by atoms with van der Waals surface area (Å²) < 4.78 is 36.4. The first-order valence-corrected chi connectivity index (χ1v) is 5.40. The zero-order chi connectivity index (χ0) is 12.3. The summed E-state index contributed by atoms with van der Waals surface area (Å²) in [6.07, 6.45) is -4.15. The third-order valence-corrected chi connectivity index (χ3v) is 2.53. The maximum atomic E-state index is 12.1. The molecule has 94 valence electrons. The molecule has 1 heterocycles. The highest BCUT2D eigenvalue weighted by molar-refractivity contribution is 5.82. The highest BCUT2D eigenvalue weighted by Crippen LogP contribution is 2.21. The molecule has 1 fully saturated rings. The Kier molecular flexibility index (Phi) is 4.18. The van der Waals surface area contributed by atoms with E-state index < -0.39 is 12.1 Å². The number of amides is 1. The Labute approximate surface area is 93.0 Å². The minimum atomic E-state index is -4.74. The summed E-state index contributed by atoms with van der Waals surface area (Å²) in [5, 5.41) is 3.16. The first-order chi connectivity index (χ1) is 7.30. The molecule has 0 aromatic heterocycles. The van der Waals surface area contributed by atoms with Crippen molar-refractivity contribution in [2.24, 2.45) is 5.92 Å². The average Bonchev–Trinajstić information content (AvgIpc) is 2.60. The Morgan fingerprint density at radius 2 is 2.12 bits per heavy atom. The highest BCUT2D eigenvalue weighted by Gasteiger charge is 2.44. The molecule has 3 nitrogen and oxygen atoms in total. The summed E-state index contributed by atoms with van der Waals surface area (Å²) in [7, 11) is 0. The lowest BCUT2D eigenvalue weighted by Crippen LogP contribution is -2.42. The van der Waals surface area contributed by atoms with Crippen LogP contribution >= 0.6 is 0 Å². The van der Waals surface area contributed by atoms with Gasteiger partial charge in [-0.2, -0.15) is 13.2 Å². The van der Waals surface area contributed by atoms with Gasteiger partial charge < -0.3 is 10.2 Å². The molecule has 0 saturated carbocycles. The second-order valence-corrected chi connectivity index (χ2v) is 4.54. The second-order valence-electron chi connectivity index (χ2n) is 4.54. The molecule has 0 aromatic carbocycles. The topological polar surface area (TPSA) is 32.3 Å². The van der Waals surface area contributed by atoms with Gasteiger partial charge in [0.2, 0.25) is 0 Å². The van der Waals surface area contributed by atoms with Gasteiger partial charge in [-0.25, -0.2) is 0 Å². The maximum Gasteiger partial charge on any atom is 0.471 e. The van der Waals surface area contributed by atoms with Crippen LogP contribution in [-0.2, 0) is 4.79 Å². The van der Waals surface area contributed by atoms with E-state index >= 15 is 0 Å². The first kappa shape index (κ1) is 13.3. The Hall–Kier alpha value is -0.780. The zero-order valence-corrected chi connectivity index (χ0v) is 9.47. The third-order valence-electron chi connectivity index (χ3n) is 2.53. The number of rotatable bonds is 3. The van der Waals surface area contributed by atoms with Crippen molar-refractivity contribution >= 4 is 5.91 Å². The van der Waals surface area contributed by atoms with E-state index in [-0.39, 0.29) is 19.1 Å². The lowest BCUT2D eigenvalue weighted by atomic mass is 10.2. The predicted octanol–water partition coefficient (Wildman–Crippen LogP) is 1.40. The van der Waals surface area contributed by atoms with Crippen molar-refractivity contribution < 1.29 is 18.0 Å². The van der Waals surface area contributed by atoms with Crippen LogP contribution in [0.1, 0.15) is 20.3 Å². The number of nitrogens with one attached hydrogen (secondary N) is 1. The predicted molar refractivity (Wildman–Crippen MR) is 53.9 cm³/mol. The molecule has 6 heteroatoms. The van der Waals surface area contributed by atoms with Crippen molar-refractivity contribution in [1.82, 2.24) is 10.2 Å². The lowest BCUT2D eigenvalue weighted by molar-refractivity contribution is -0.184. The van der Waals surface area contributed by atoms with Gasteiger partial charge in [0.1, 0.15) is 0 Å². The molecule has 1 aliphatic rings. The van der Waals surface area contributed by atoms with Crippen molar-refractivity contribution in [3.63, 3.8) is 0 Å². The van der Waals surface area contributed by atoms with Crippen LogP contribution in [-0.4, -0.2) is 42.7 Å². The minimum absolute atomic E-state index is 0.00583. The fraction of sp³-hybridized carbons (Fsp3) is 0.900. The smallest absolute Gasteiger partial charge is 0.333 e. The van der Waals surface area contributed by atoms with E-state index in [1.165, 1.54) is 0 Å². The summed E-state index contributed by atoms with van der Waals surface area (Å²) >= 11 is 0. The van der Waals surface area contributed by atoms with E-state index in [0.717, 1.165) is 11.4 Å². The molecule has 1 atom stereocenters. The Morgan fingerprint density at radius 1 is 1.50 bits per heavy atom. The SMILES string of the molecule is CC(C)CN[C@H]1CCN(C(=O)C(F)(F)F)C1. The fourth-order valence-electron chi connectivity index (χ4n) is 1.69. The molecule has 0 unspecified atom stereocenters. The number of hydrogen-bond acceptors (Lipinski definition) is 2. The molecule has 1 saturated heterocycles. The van der Waals surface area contributed by atoms with E-state index in [9.17, 15) is 18.0 Å². The maximum absolute atomic E-state index is 12.1. The standard InChI is InChI=1S/C10H17F3N2O/c1-7(2)5-14-8-3-4-15(6-8)9(16)10(11,12)13/h7-8,14H,3-6H2,1-2H3/t8-/m0/s1. The second kappa shape index (κ2) is 5.03. The third kappa shape index (κ3) is 3.66. The van der Waals surface area contributed by atoms with Crippen LogP contribution in [0.25, 0.3) is 0 Å². The number of likely N-dealkylation sites (tertiary alicyclic amines) is 1. The van der Waals surface area contributed by atoms with Gasteiger partial charge in [0.25, 0.3) is 0 Å². The Balaban J connectivity index is 2.38. The normalized spacial score (nSPS) is 21.9. The van der Waals surface area contributed by atoms with Crippen molar-refractivity contribution in [1.29, 1.82) is 0 Å². The molecule has 1 aliphatic heterocycles. The van der Waals surface area contributed by atoms with Crippen LogP contribution in [0.15, 0.2) is 0 Å². The minimum Gasteiger partial charge on any atom is -0.333 e. The molecule has 0 spiro atoms. The van der Waals surface area contributed by atoms with Crippen LogP contribution in [0.5, 0.6) is 0 Å². The fourth-order valence-corrected chi connectivity index (χ4v) is 1.69. The summed E-state index contributed by atoms with van der Waals surface area (Å²) in [5.41, 5.74) is 0. The summed E-state index contributed by atoms with van der Waals surface area (Å²) in [4.78, 5) is 11.8. The summed E-state index contributed by atoms with van der Waals surface area (Å²) in [6, 6.07) is -0.00583. The van der Waals surface area contributed by atoms with Gasteiger partial charge in [-0.05, 0) is 18.9 Å². The van der Waals surface area contributed by atoms with Crippen molar-refractivity contribution in [3.05, 3.63) is 0 Å². The molecule has 0 radical (unpaired) electrons. The van der Waals surface area contributed by atoms with E-state index in [1.54, 1.807) is 0 Å². The number of nitrogens with zero attached hydrogens (tertiary/aromatic N) is 1. The van der Waals surface area contributed by atoms with Gasteiger partial charge in [-0.3, -0.25) is 4.79 Å². The monoisotopic (exact) mass is 238 g/mol. The van der Waals surface area contributed by atoms with Crippen LogP contribution in [0.2, 0.25) is 0 Å². The van der Waals surface area contributed by atoms with Gasteiger partial charge in [-0.15, -0.1) is 0 Å². The lowest BCUT2D eigenvalue weighted by Gasteiger charge is -2.18. The number of carbonyl (C=O) groups is 1. The molecular formula is C10H17F3N2O. The number of alkyl halides is 3. The van der Waals surface area contributed by atoms with Gasteiger partial charge in [0.05, 0.1) is 0 Å². The van der Waals surface area contributed by atoms with Crippen molar-refractivity contribution in [3.8, 4) is 0 Å². The van der Waals surface area contributed by atoms with E-state index in [1.807, 2.05) is 13.8 Å². The zero-order valence-electron chi connectivity index (χ0n) is 9.47. The number of halogens is 3. The molecule has 1 N–H and O–H groups in total. The van der Waals surface area contributed by atoms with E-state index in [0.29, 0.717) is 12.3 Å². The van der Waals surface area contributed by atoms with Crippen LogP contribution in [0, 0.1) is 5.92 Å². The molecule has 0 aromatic rings. The molecule has 0 aliphatic carbocycles. The van der Waals surface area contributed by atoms with Crippen molar-refractivity contribution in [2.45, 2.75) is 32.5 Å². The quantitative estimate of drug-likeness (QED) is 0.806. The van der Waals surface area contributed by atoms with Gasteiger partial charge in [-0.1, -0.05) is 13.8 Å². The average molecular weight is 238 g/mol. The van der Waals surface area contributed by atoms with Gasteiger partial charge in [0.15, 0.2) is 0 Å². The summed E-state index contributed by atoms with van der Waals surface area (Å²) in [6.45, 7) is 5.17. The number of carbonyl (C=O) groups excluding carboxylic acids is 1. The van der Waals surface area contributed by atoms with Crippen molar-refractivity contribution in [2.75, 3.05) is 19.6 Å². The van der Waals surface area contributed by atoms with Crippen LogP contribution in [0.4, 0.5) is 13.2 Å². The molecule has 16 heavy (non-hydrogen) atoms. The highest BCUT2D eigenvalue weighted by atomic mass is 19.4. The molecule has 1 amide bonds. The largest absolute Gasteiger partial charge is 0.471 e. The Bertz CT molecular complexity index is 253. The van der Waals surface area contributed by atoms with E-state index in [4.69, 9.17) is 0 Å². The molecular weight excluding hydrogens is 221 g/mol. The van der Waals surface area contributed by atoms with Crippen LogP contribution < -0.4 is 5.32 Å². The Morgan fingerprint density at radius 3 is 2.62 bits per heavy atom. The molecule has 0 bridgehead atoms. The van der Waals surface area contributed by atoms with Crippen LogP contribution in [0.3, 0.4) is 0 Å². The number of hydrogen-bond donors (Lipinski definition) is 1. The first-order valence-electron chi connectivity index (χ1n) is 5.40. The summed E-state index contributed by atoms with van der Waals surface area (Å²) in [5.74, 6) is -1.27. The van der Waals surface area contributed by atoms with Gasteiger partial charge in [0, 0.05) is 19.1 Å².